The van der Waals surface area contributed by atoms with Crippen LogP contribution in [0.2, 0.25) is 0 Å². The van der Waals surface area contributed by atoms with E-state index in [1.807, 2.05) is 36.4 Å². The smallest absolute Gasteiger partial charge is 0.328 e. The van der Waals surface area contributed by atoms with Crippen molar-refractivity contribution < 1.29 is 19.1 Å². The zero-order chi connectivity index (χ0) is 20.4. The summed E-state index contributed by atoms with van der Waals surface area (Å²) in [6, 6.07) is 14.7. The standard InChI is InChI=1S/C23H17NO5/c25-20(10-11-21(26)27)24-16-7-9-19-18(13-16)22(28)17-8-6-15(23(17)29-19)12-14-4-2-1-3-5-14/h1-5,7,9-13H,6,8H2,(H,24,25)(H,26,27). The number of carboxylic acid groups (broad SMARTS) is 1. The summed E-state index contributed by atoms with van der Waals surface area (Å²) in [5, 5.41) is 11.5. The lowest BCUT2D eigenvalue weighted by Gasteiger charge is -2.07. The minimum absolute atomic E-state index is 0.116. The first kappa shape index (κ1) is 18.4. The van der Waals surface area contributed by atoms with Crippen LogP contribution >= 0.6 is 0 Å². The van der Waals surface area contributed by atoms with Crippen LogP contribution in [0.4, 0.5) is 5.69 Å². The van der Waals surface area contributed by atoms with Gasteiger partial charge in [0, 0.05) is 23.4 Å². The van der Waals surface area contributed by atoms with Crippen molar-refractivity contribution in [3.63, 3.8) is 0 Å². The molecule has 1 aliphatic rings. The number of nitrogens with one attached hydrogen (secondary N) is 1. The summed E-state index contributed by atoms with van der Waals surface area (Å²) in [5.41, 5.74) is 3.38. The molecule has 1 heterocycles. The Kier molecular flexibility index (Phi) is 4.83. The molecule has 1 aliphatic carbocycles. The zero-order valence-corrected chi connectivity index (χ0v) is 15.3. The average molecular weight is 387 g/mol. The van der Waals surface area contributed by atoms with Gasteiger partial charge >= 0.3 is 5.97 Å². The highest BCUT2D eigenvalue weighted by Gasteiger charge is 2.24. The molecule has 0 unspecified atom stereocenters. The number of benzene rings is 2. The van der Waals surface area contributed by atoms with E-state index in [4.69, 9.17) is 9.52 Å². The van der Waals surface area contributed by atoms with Gasteiger partial charge in [-0.2, -0.15) is 0 Å². The molecular weight excluding hydrogens is 370 g/mol. The van der Waals surface area contributed by atoms with Gasteiger partial charge in [0.2, 0.25) is 5.91 Å². The molecule has 1 amide bonds. The number of anilines is 1. The number of rotatable bonds is 4. The molecule has 0 bridgehead atoms. The van der Waals surface area contributed by atoms with Crippen molar-refractivity contribution in [1.29, 1.82) is 0 Å². The second-order valence-electron chi connectivity index (χ2n) is 6.69. The first-order valence-corrected chi connectivity index (χ1v) is 9.09. The number of amides is 1. The van der Waals surface area contributed by atoms with Crippen molar-refractivity contribution in [2.45, 2.75) is 12.8 Å². The Hall–Kier alpha value is -3.93. The Morgan fingerprint density at radius 2 is 1.83 bits per heavy atom. The molecule has 0 saturated carbocycles. The van der Waals surface area contributed by atoms with E-state index in [1.165, 1.54) is 0 Å². The first-order valence-electron chi connectivity index (χ1n) is 9.09. The molecule has 0 radical (unpaired) electrons. The third kappa shape index (κ3) is 3.87. The molecule has 0 saturated heterocycles. The molecule has 1 aromatic heterocycles. The summed E-state index contributed by atoms with van der Waals surface area (Å²) in [6.07, 6.45) is 5.02. The second kappa shape index (κ2) is 7.59. The van der Waals surface area contributed by atoms with E-state index in [0.29, 0.717) is 34.4 Å². The Bertz CT molecular complexity index is 1240. The third-order valence-electron chi connectivity index (χ3n) is 4.71. The highest BCUT2D eigenvalue weighted by Crippen LogP contribution is 2.34. The fourth-order valence-electron chi connectivity index (χ4n) is 3.39. The largest absolute Gasteiger partial charge is 0.478 e. The van der Waals surface area contributed by atoms with Gasteiger partial charge in [-0.05, 0) is 48.3 Å². The Morgan fingerprint density at radius 3 is 2.59 bits per heavy atom. The molecular formula is C23H17NO5. The van der Waals surface area contributed by atoms with Crippen molar-refractivity contribution in [1.82, 2.24) is 0 Å². The quantitative estimate of drug-likeness (QED) is 0.663. The summed E-state index contributed by atoms with van der Waals surface area (Å²) in [6.45, 7) is 0. The zero-order valence-electron chi connectivity index (χ0n) is 15.3. The fourth-order valence-corrected chi connectivity index (χ4v) is 3.39. The van der Waals surface area contributed by atoms with Gasteiger partial charge in [0.1, 0.15) is 11.3 Å². The third-order valence-corrected chi connectivity index (χ3v) is 4.71. The van der Waals surface area contributed by atoms with Crippen LogP contribution in [0.5, 0.6) is 0 Å². The predicted molar refractivity (Wildman–Crippen MR) is 111 cm³/mol. The number of hydrogen-bond acceptors (Lipinski definition) is 4. The first-order chi connectivity index (χ1) is 14.0. The summed E-state index contributed by atoms with van der Waals surface area (Å²) in [7, 11) is 0. The summed E-state index contributed by atoms with van der Waals surface area (Å²) in [4.78, 5) is 35.3. The molecule has 29 heavy (non-hydrogen) atoms. The van der Waals surface area contributed by atoms with Crippen LogP contribution < -0.4 is 10.7 Å². The average Bonchev–Trinajstić information content (AvgIpc) is 3.11. The molecule has 0 atom stereocenters. The van der Waals surface area contributed by atoms with Gasteiger partial charge < -0.3 is 14.8 Å². The van der Waals surface area contributed by atoms with Crippen LogP contribution in [0.3, 0.4) is 0 Å². The van der Waals surface area contributed by atoms with Crippen molar-refractivity contribution in [2.24, 2.45) is 0 Å². The minimum atomic E-state index is -1.21. The molecule has 6 heteroatoms. The van der Waals surface area contributed by atoms with Crippen LogP contribution in [0.25, 0.3) is 22.6 Å². The molecule has 2 aromatic carbocycles. The van der Waals surface area contributed by atoms with Crippen LogP contribution in [0.1, 0.15) is 23.3 Å². The molecule has 2 N–H and O–H groups in total. The molecule has 0 fully saturated rings. The SMILES string of the molecule is O=C(O)C=CC(=O)Nc1ccc2oc3c(c(=O)c2c1)CCC3=Cc1ccccc1. The maximum absolute atomic E-state index is 13.0. The van der Waals surface area contributed by atoms with Gasteiger partial charge in [0.05, 0.1) is 5.39 Å². The van der Waals surface area contributed by atoms with E-state index >= 15 is 0 Å². The number of hydrogen-bond donors (Lipinski definition) is 2. The van der Waals surface area contributed by atoms with Gasteiger partial charge in [0.25, 0.3) is 0 Å². The van der Waals surface area contributed by atoms with E-state index in [9.17, 15) is 14.4 Å². The van der Waals surface area contributed by atoms with Crippen LogP contribution in [-0.2, 0) is 16.0 Å². The van der Waals surface area contributed by atoms with E-state index in [1.54, 1.807) is 18.2 Å². The van der Waals surface area contributed by atoms with Crippen LogP contribution in [0.15, 0.2) is 69.9 Å². The van der Waals surface area contributed by atoms with E-state index in [0.717, 1.165) is 29.7 Å². The number of aliphatic carboxylic acids is 1. The monoisotopic (exact) mass is 387 g/mol. The van der Waals surface area contributed by atoms with E-state index < -0.39 is 11.9 Å². The van der Waals surface area contributed by atoms with Gasteiger partial charge in [0.15, 0.2) is 5.43 Å². The van der Waals surface area contributed by atoms with Crippen LogP contribution in [-0.4, -0.2) is 17.0 Å². The van der Waals surface area contributed by atoms with Gasteiger partial charge in [-0.25, -0.2) is 4.79 Å². The number of carbonyl (C=O) groups excluding carboxylic acids is 1. The van der Waals surface area contributed by atoms with Gasteiger partial charge in [-0.3, -0.25) is 9.59 Å². The topological polar surface area (TPSA) is 96.6 Å². The summed E-state index contributed by atoms with van der Waals surface area (Å²) < 4.78 is 6.04. The maximum Gasteiger partial charge on any atom is 0.328 e. The van der Waals surface area contributed by atoms with Gasteiger partial charge in [-0.1, -0.05) is 30.3 Å². The van der Waals surface area contributed by atoms with E-state index in [2.05, 4.69) is 5.32 Å². The minimum Gasteiger partial charge on any atom is -0.478 e. The van der Waals surface area contributed by atoms with Crippen LogP contribution in [0, 0.1) is 0 Å². The van der Waals surface area contributed by atoms with Crippen molar-refractivity contribution in [3.05, 3.63) is 87.8 Å². The Labute approximate surface area is 165 Å². The maximum atomic E-state index is 13.0. The molecule has 0 aliphatic heterocycles. The molecule has 0 spiro atoms. The Balaban J connectivity index is 1.70. The highest BCUT2D eigenvalue weighted by atomic mass is 16.4. The molecule has 3 aromatic rings. The lowest BCUT2D eigenvalue weighted by molar-refractivity contribution is -0.131. The van der Waals surface area contributed by atoms with Crippen molar-refractivity contribution in [2.75, 3.05) is 5.32 Å². The number of allylic oxidation sites excluding steroid dienone is 1. The summed E-state index contributed by atoms with van der Waals surface area (Å²) >= 11 is 0. The van der Waals surface area contributed by atoms with Gasteiger partial charge in [-0.15, -0.1) is 0 Å². The summed E-state index contributed by atoms with van der Waals surface area (Å²) in [5.74, 6) is -1.19. The number of carboxylic acids is 1. The molecule has 4 rings (SSSR count). The number of fused-ring (bicyclic) bond motifs is 2. The Morgan fingerprint density at radius 1 is 1.03 bits per heavy atom. The lowest BCUT2D eigenvalue weighted by atomic mass is 10.1. The second-order valence-corrected chi connectivity index (χ2v) is 6.69. The normalized spacial score (nSPS) is 14.4. The molecule has 144 valence electrons. The molecule has 6 nitrogen and oxygen atoms in total. The predicted octanol–water partition coefficient (Wildman–Crippen LogP) is 3.86. The van der Waals surface area contributed by atoms with Crippen molar-refractivity contribution in [3.8, 4) is 0 Å². The lowest BCUT2D eigenvalue weighted by Crippen LogP contribution is -2.11. The highest BCUT2D eigenvalue weighted by molar-refractivity contribution is 6.03. The fraction of sp³-hybridized carbons (Fsp3) is 0.0870. The number of carbonyl (C=O) groups is 2. The van der Waals surface area contributed by atoms with Crippen molar-refractivity contribution >= 4 is 40.2 Å². The van der Waals surface area contributed by atoms with E-state index in [-0.39, 0.29) is 5.43 Å².